The molecule has 0 unspecified atom stereocenters. The third-order valence-electron chi connectivity index (χ3n) is 5.88. The number of carboxylic acid groups (broad SMARTS) is 1. The Labute approximate surface area is 190 Å². The molecule has 0 spiro atoms. The summed E-state index contributed by atoms with van der Waals surface area (Å²) in [4.78, 5) is 24.7. The summed E-state index contributed by atoms with van der Waals surface area (Å²) in [7, 11) is -3.88. The van der Waals surface area contributed by atoms with Crippen molar-refractivity contribution >= 4 is 50.8 Å². The Kier molecular flexibility index (Phi) is 7.17. The maximum atomic E-state index is 13.1. The van der Waals surface area contributed by atoms with Gasteiger partial charge in [-0.15, -0.1) is 0 Å². The third kappa shape index (κ3) is 4.98. The Bertz CT molecular complexity index is 986. The number of rotatable bonds is 5. The van der Waals surface area contributed by atoms with Gasteiger partial charge in [-0.25, -0.2) is 18.7 Å². The van der Waals surface area contributed by atoms with Crippen LogP contribution in [0.3, 0.4) is 0 Å². The summed E-state index contributed by atoms with van der Waals surface area (Å²) in [5, 5.41) is 19.3. The lowest BCUT2D eigenvalue weighted by Gasteiger charge is -2.40. The zero-order valence-electron chi connectivity index (χ0n) is 16.6. The smallest absolute Gasteiger partial charge is 0.407 e. The lowest BCUT2D eigenvalue weighted by Crippen LogP contribution is -2.54. The van der Waals surface area contributed by atoms with Crippen LogP contribution in [0.1, 0.15) is 24.8 Å². The second-order valence-electron chi connectivity index (χ2n) is 7.68. The molecule has 2 amide bonds. The first kappa shape index (κ1) is 23.8. The predicted molar refractivity (Wildman–Crippen MR) is 116 cm³/mol. The molecular weight excluding hydrogens is 469 g/mol. The van der Waals surface area contributed by atoms with Gasteiger partial charge in [0.05, 0.1) is 11.2 Å². The van der Waals surface area contributed by atoms with E-state index in [1.807, 2.05) is 0 Å². The molecule has 1 fully saturated rings. The van der Waals surface area contributed by atoms with E-state index < -0.39 is 33.2 Å². The first-order valence-corrected chi connectivity index (χ1v) is 12.0. The van der Waals surface area contributed by atoms with Crippen LogP contribution in [0.5, 0.6) is 0 Å². The first-order valence-electron chi connectivity index (χ1n) is 9.63. The van der Waals surface area contributed by atoms with Gasteiger partial charge in [0.2, 0.25) is 10.0 Å². The van der Waals surface area contributed by atoms with E-state index in [0.717, 1.165) is 10.5 Å². The lowest BCUT2D eigenvalue weighted by molar-refractivity contribution is -0.141. The molecule has 0 aliphatic carbocycles. The Morgan fingerprint density at radius 1 is 1.13 bits per heavy atom. The number of hydrogen-bond acceptors (Lipinski definition) is 5. The van der Waals surface area contributed by atoms with Crippen LogP contribution in [0.4, 0.5) is 4.79 Å². The van der Waals surface area contributed by atoms with E-state index in [-0.39, 0.29) is 39.0 Å². The average Bonchev–Trinajstić information content (AvgIpc) is 2.73. The molecule has 3 rings (SSSR count). The zero-order chi connectivity index (χ0) is 22.8. The van der Waals surface area contributed by atoms with Gasteiger partial charge >= 0.3 is 6.09 Å². The highest BCUT2D eigenvalue weighted by Gasteiger charge is 2.47. The Hall–Kier alpha value is -1.85. The van der Waals surface area contributed by atoms with Crippen molar-refractivity contribution in [1.29, 1.82) is 0 Å². The van der Waals surface area contributed by atoms with Crippen molar-refractivity contribution in [3.63, 3.8) is 0 Å². The number of likely N-dealkylation sites (tertiary alicyclic amines) is 1. The molecule has 9 nitrogen and oxygen atoms in total. The first-order chi connectivity index (χ1) is 14.6. The second-order valence-corrected chi connectivity index (χ2v) is 10.5. The Balaban J connectivity index is 1.78. The number of carbonyl (C=O) groups excluding carboxylic acids is 1. The fraction of sp³-hybridized carbons (Fsp3) is 0.474. The zero-order valence-corrected chi connectivity index (χ0v) is 18.9. The molecule has 1 saturated heterocycles. The quantitative estimate of drug-likeness (QED) is 0.429. The third-order valence-corrected chi connectivity index (χ3v) is 8.55. The largest absolute Gasteiger partial charge is 0.465 e. The van der Waals surface area contributed by atoms with E-state index in [1.54, 1.807) is 29.8 Å². The summed E-state index contributed by atoms with van der Waals surface area (Å²) in [6.45, 7) is 0.297. The number of hydroxylamine groups is 1. The summed E-state index contributed by atoms with van der Waals surface area (Å²) in [5.41, 5.74) is 1.68. The topological polar surface area (TPSA) is 127 Å². The highest BCUT2D eigenvalue weighted by Crippen LogP contribution is 2.37. The molecule has 12 heteroatoms. The minimum atomic E-state index is -3.88. The normalized spacial score (nSPS) is 19.6. The number of amides is 2. The van der Waals surface area contributed by atoms with E-state index in [0.29, 0.717) is 22.0 Å². The lowest BCUT2D eigenvalue weighted by atomic mass is 9.79. The number of sulfonamides is 1. The van der Waals surface area contributed by atoms with Crippen LogP contribution < -0.4 is 5.48 Å². The van der Waals surface area contributed by atoms with E-state index in [4.69, 9.17) is 28.3 Å². The molecule has 0 saturated carbocycles. The predicted octanol–water partition coefficient (Wildman–Crippen LogP) is 2.68. The van der Waals surface area contributed by atoms with E-state index >= 15 is 0 Å². The van der Waals surface area contributed by atoms with Crippen LogP contribution in [0.15, 0.2) is 24.3 Å². The van der Waals surface area contributed by atoms with Crippen molar-refractivity contribution in [3.05, 3.63) is 39.9 Å². The Morgan fingerprint density at radius 3 is 2.23 bits per heavy atom. The molecule has 1 aromatic carbocycles. The van der Waals surface area contributed by atoms with E-state index in [1.165, 1.54) is 4.31 Å². The van der Waals surface area contributed by atoms with Gasteiger partial charge in [0.1, 0.15) is 0 Å². The van der Waals surface area contributed by atoms with Gasteiger partial charge in [-0.05, 0) is 37.0 Å². The maximum Gasteiger partial charge on any atom is 0.407 e. The van der Waals surface area contributed by atoms with Crippen LogP contribution in [-0.2, 0) is 14.8 Å². The van der Waals surface area contributed by atoms with Crippen LogP contribution in [0.25, 0.3) is 5.57 Å². The van der Waals surface area contributed by atoms with Crippen molar-refractivity contribution in [2.24, 2.45) is 5.41 Å². The summed E-state index contributed by atoms with van der Waals surface area (Å²) >= 11 is 12.5. The van der Waals surface area contributed by atoms with Crippen molar-refractivity contribution in [2.45, 2.75) is 19.3 Å². The van der Waals surface area contributed by atoms with Gasteiger partial charge in [0.25, 0.3) is 5.91 Å². The number of nitrogens with zero attached hydrogens (tertiary/aromatic N) is 2. The molecule has 1 aromatic rings. The second kappa shape index (κ2) is 9.33. The van der Waals surface area contributed by atoms with Gasteiger partial charge in [0, 0.05) is 41.8 Å². The summed E-state index contributed by atoms with van der Waals surface area (Å²) < 4.78 is 27.5. The maximum absolute atomic E-state index is 13.1. The number of nitrogens with one attached hydrogen (secondary N) is 1. The monoisotopic (exact) mass is 491 g/mol. The van der Waals surface area contributed by atoms with Crippen molar-refractivity contribution in [2.75, 3.05) is 31.9 Å². The average molecular weight is 492 g/mol. The molecule has 2 aliphatic rings. The fourth-order valence-corrected chi connectivity index (χ4v) is 6.67. The number of carbonyl (C=O) groups is 2. The number of halogens is 2. The molecule has 2 heterocycles. The minimum Gasteiger partial charge on any atom is -0.465 e. The summed E-state index contributed by atoms with van der Waals surface area (Å²) in [6, 6.07) is 5.16. The fourth-order valence-electron chi connectivity index (χ4n) is 4.06. The number of piperidine rings is 1. The van der Waals surface area contributed by atoms with E-state index in [2.05, 4.69) is 0 Å². The molecule has 2 aliphatic heterocycles. The molecule has 31 heavy (non-hydrogen) atoms. The van der Waals surface area contributed by atoms with Gasteiger partial charge in [0.15, 0.2) is 0 Å². The van der Waals surface area contributed by atoms with Crippen molar-refractivity contribution < 1.29 is 28.3 Å². The van der Waals surface area contributed by atoms with Crippen LogP contribution >= 0.6 is 23.2 Å². The molecule has 0 bridgehead atoms. The number of benzene rings is 1. The Morgan fingerprint density at radius 2 is 1.74 bits per heavy atom. The van der Waals surface area contributed by atoms with Gasteiger partial charge < -0.3 is 10.0 Å². The van der Waals surface area contributed by atoms with Gasteiger partial charge in [-0.2, -0.15) is 4.31 Å². The molecule has 3 N–H and O–H groups in total. The van der Waals surface area contributed by atoms with Crippen molar-refractivity contribution in [1.82, 2.24) is 14.7 Å². The molecule has 170 valence electrons. The van der Waals surface area contributed by atoms with Gasteiger partial charge in [-0.1, -0.05) is 35.3 Å². The highest BCUT2D eigenvalue weighted by atomic mass is 35.5. The number of hydrogen-bond donors (Lipinski definition) is 3. The minimum absolute atomic E-state index is 0.00488. The van der Waals surface area contributed by atoms with Crippen LogP contribution in [0, 0.1) is 5.41 Å². The highest BCUT2D eigenvalue weighted by molar-refractivity contribution is 7.89. The van der Waals surface area contributed by atoms with Crippen LogP contribution in [-0.4, -0.2) is 71.9 Å². The summed E-state index contributed by atoms with van der Waals surface area (Å²) in [5.74, 6) is -1.34. The van der Waals surface area contributed by atoms with E-state index in [9.17, 15) is 23.2 Å². The van der Waals surface area contributed by atoms with Crippen molar-refractivity contribution in [3.8, 4) is 0 Å². The summed E-state index contributed by atoms with van der Waals surface area (Å²) in [6.07, 6.45) is 1.01. The molecular formula is C19H23Cl2N3O6S. The molecule has 0 radical (unpaired) electrons. The molecule has 0 aromatic heterocycles. The van der Waals surface area contributed by atoms with Crippen LogP contribution in [0.2, 0.25) is 10.0 Å². The standard InChI is InChI=1S/C19H23Cl2N3O6S/c20-14-2-1-3-15(21)16(14)13-4-8-24(9-5-13)31(29,30)12-19(17(25)22-28)6-10-23(11-7-19)18(26)27/h1-4,28H,5-12H2,(H,22,25)(H,26,27). The SMILES string of the molecule is O=C(O)N1CCC(CS(=O)(=O)N2CC=C(c3c(Cl)cccc3Cl)CC2)(C(=O)NO)CC1. The van der Waals surface area contributed by atoms with Gasteiger partial charge in [-0.3, -0.25) is 10.0 Å². The molecule has 0 atom stereocenters.